The van der Waals surface area contributed by atoms with E-state index in [1.54, 1.807) is 74.7 Å². The summed E-state index contributed by atoms with van der Waals surface area (Å²) in [6.07, 6.45) is 0. The van der Waals surface area contributed by atoms with E-state index in [0.29, 0.717) is 11.5 Å². The predicted molar refractivity (Wildman–Crippen MR) is 160 cm³/mol. The van der Waals surface area contributed by atoms with Gasteiger partial charge in [0.15, 0.2) is 0 Å². The van der Waals surface area contributed by atoms with Gasteiger partial charge in [0.1, 0.15) is 24.1 Å². The van der Waals surface area contributed by atoms with Crippen molar-refractivity contribution < 1.29 is 27.5 Å². The number of carbonyl (C=O) groups excluding carboxylic acids is 2. The van der Waals surface area contributed by atoms with E-state index in [-0.39, 0.29) is 23.0 Å². The number of carbonyl (C=O) groups is 2. The van der Waals surface area contributed by atoms with Crippen LogP contribution < -0.4 is 19.1 Å². The van der Waals surface area contributed by atoms with Crippen molar-refractivity contribution in [2.75, 3.05) is 25.1 Å². The van der Waals surface area contributed by atoms with Crippen molar-refractivity contribution in [2.24, 2.45) is 0 Å². The second kappa shape index (κ2) is 13.1. The van der Waals surface area contributed by atoms with Gasteiger partial charge in [0.2, 0.25) is 11.8 Å². The third kappa shape index (κ3) is 8.23. The maximum atomic E-state index is 14.0. The van der Waals surface area contributed by atoms with Gasteiger partial charge in [-0.1, -0.05) is 35.9 Å². The Morgan fingerprint density at radius 2 is 1.51 bits per heavy atom. The van der Waals surface area contributed by atoms with Gasteiger partial charge in [0.25, 0.3) is 10.0 Å². The Balaban J connectivity index is 2.05. The molecule has 10 heteroatoms. The molecule has 0 aliphatic rings. The molecule has 41 heavy (non-hydrogen) atoms. The van der Waals surface area contributed by atoms with Crippen LogP contribution in [0.4, 0.5) is 5.69 Å². The molecule has 0 aliphatic heterocycles. The van der Waals surface area contributed by atoms with Gasteiger partial charge in [-0.2, -0.15) is 0 Å². The molecule has 9 nitrogen and oxygen atoms in total. The van der Waals surface area contributed by atoms with Crippen LogP contribution in [0, 0.1) is 6.92 Å². The highest BCUT2D eigenvalue weighted by molar-refractivity contribution is 7.92. The number of rotatable bonds is 11. The van der Waals surface area contributed by atoms with Crippen LogP contribution in [-0.4, -0.2) is 57.5 Å². The van der Waals surface area contributed by atoms with E-state index in [9.17, 15) is 18.0 Å². The summed E-state index contributed by atoms with van der Waals surface area (Å²) in [4.78, 5) is 28.7. The summed E-state index contributed by atoms with van der Waals surface area (Å²) in [5.41, 5.74) is 1.39. The van der Waals surface area contributed by atoms with Crippen molar-refractivity contribution >= 4 is 27.5 Å². The number of aryl methyl sites for hydroxylation is 1. The van der Waals surface area contributed by atoms with Gasteiger partial charge in [-0.15, -0.1) is 0 Å². The van der Waals surface area contributed by atoms with Gasteiger partial charge >= 0.3 is 0 Å². The van der Waals surface area contributed by atoms with E-state index < -0.39 is 34.1 Å². The Kier molecular flexibility index (Phi) is 10.0. The molecule has 3 aromatic rings. The summed E-state index contributed by atoms with van der Waals surface area (Å²) in [6, 6.07) is 19.2. The van der Waals surface area contributed by atoms with E-state index in [1.807, 2.05) is 27.7 Å². The summed E-state index contributed by atoms with van der Waals surface area (Å²) >= 11 is 0. The minimum Gasteiger partial charge on any atom is -0.497 e. The molecular formula is C31H39N3O6S. The van der Waals surface area contributed by atoms with Gasteiger partial charge in [-0.05, 0) is 76.6 Å². The minimum atomic E-state index is -4.17. The van der Waals surface area contributed by atoms with Crippen molar-refractivity contribution in [1.29, 1.82) is 0 Å². The van der Waals surface area contributed by atoms with Gasteiger partial charge < -0.3 is 19.7 Å². The first-order chi connectivity index (χ1) is 19.2. The Hall–Kier alpha value is -4.05. The zero-order valence-electron chi connectivity index (χ0n) is 24.7. The van der Waals surface area contributed by atoms with Crippen LogP contribution in [0.15, 0.2) is 77.7 Å². The van der Waals surface area contributed by atoms with E-state index in [4.69, 9.17) is 9.47 Å². The van der Waals surface area contributed by atoms with Gasteiger partial charge in [0.05, 0.1) is 24.8 Å². The van der Waals surface area contributed by atoms with Gasteiger partial charge in [-0.3, -0.25) is 13.9 Å². The number of nitrogens with zero attached hydrogens (tertiary/aromatic N) is 2. The van der Waals surface area contributed by atoms with Gasteiger partial charge in [0, 0.05) is 18.2 Å². The third-order valence-electron chi connectivity index (χ3n) is 6.41. The first-order valence-electron chi connectivity index (χ1n) is 13.2. The molecule has 0 radical (unpaired) electrons. The first kappa shape index (κ1) is 31.5. The van der Waals surface area contributed by atoms with Crippen LogP contribution in [0.1, 0.15) is 38.8 Å². The molecular weight excluding hydrogens is 542 g/mol. The molecule has 0 saturated carbocycles. The molecule has 0 bridgehead atoms. The number of sulfonamides is 1. The largest absolute Gasteiger partial charge is 0.497 e. The molecule has 2 amide bonds. The second-order valence-electron chi connectivity index (χ2n) is 10.8. The van der Waals surface area contributed by atoms with Crippen LogP contribution in [0.5, 0.6) is 11.5 Å². The molecule has 0 aromatic heterocycles. The molecule has 1 N–H and O–H groups in total. The topological polar surface area (TPSA) is 105 Å². The SMILES string of the molecule is COc1ccc(CN(C(=O)CN(c2cccc(OC)c2)S(=O)(=O)c2ccc(C)cc2)[C@H](C)C(=O)NC(C)(C)C)cc1. The highest BCUT2D eigenvalue weighted by Crippen LogP contribution is 2.28. The molecule has 1 atom stereocenters. The lowest BCUT2D eigenvalue weighted by molar-refractivity contribution is -0.140. The smallest absolute Gasteiger partial charge is 0.264 e. The van der Waals surface area contributed by atoms with Crippen LogP contribution in [-0.2, 0) is 26.2 Å². The molecule has 0 heterocycles. The molecule has 3 rings (SSSR count). The number of benzene rings is 3. The number of methoxy groups -OCH3 is 2. The maximum Gasteiger partial charge on any atom is 0.264 e. The van der Waals surface area contributed by atoms with Crippen molar-refractivity contribution in [1.82, 2.24) is 10.2 Å². The second-order valence-corrected chi connectivity index (χ2v) is 12.7. The highest BCUT2D eigenvalue weighted by Gasteiger charge is 2.33. The van der Waals surface area contributed by atoms with Crippen LogP contribution >= 0.6 is 0 Å². The fourth-order valence-electron chi connectivity index (χ4n) is 4.12. The van der Waals surface area contributed by atoms with Crippen molar-refractivity contribution in [3.05, 3.63) is 83.9 Å². The summed E-state index contributed by atoms with van der Waals surface area (Å²) in [5.74, 6) is 0.190. The Bertz CT molecular complexity index is 1450. The minimum absolute atomic E-state index is 0.0407. The van der Waals surface area contributed by atoms with Crippen LogP contribution in [0.3, 0.4) is 0 Å². The number of anilines is 1. The summed E-state index contributed by atoms with van der Waals surface area (Å²) in [5, 5.41) is 2.92. The normalized spacial score (nSPS) is 12.3. The lowest BCUT2D eigenvalue weighted by atomic mass is 10.1. The Morgan fingerprint density at radius 1 is 0.902 bits per heavy atom. The van der Waals surface area contributed by atoms with Crippen LogP contribution in [0.25, 0.3) is 0 Å². The zero-order chi connectivity index (χ0) is 30.4. The average Bonchev–Trinajstić information content (AvgIpc) is 2.93. The standard InChI is InChI=1S/C31H39N3O6S/c1-22-11-17-28(18-12-22)41(37,38)34(25-9-8-10-27(19-25)40-7)21-29(35)33(23(2)30(36)32-31(3,4)5)20-24-13-15-26(39-6)16-14-24/h8-19,23H,20-21H2,1-7H3,(H,32,36)/t23-/m1/s1. The van der Waals surface area contributed by atoms with E-state index in [2.05, 4.69) is 5.32 Å². The molecule has 0 spiro atoms. The third-order valence-corrected chi connectivity index (χ3v) is 8.19. The Morgan fingerprint density at radius 3 is 2.07 bits per heavy atom. The van der Waals surface area contributed by atoms with E-state index >= 15 is 0 Å². The zero-order valence-corrected chi connectivity index (χ0v) is 25.5. The van der Waals surface area contributed by atoms with Crippen molar-refractivity contribution in [3.8, 4) is 11.5 Å². The lowest BCUT2D eigenvalue weighted by Crippen LogP contribution is -2.54. The Labute approximate surface area is 243 Å². The number of hydrogen-bond donors (Lipinski definition) is 1. The molecule has 0 fully saturated rings. The molecule has 0 saturated heterocycles. The quantitative estimate of drug-likeness (QED) is 0.357. The van der Waals surface area contributed by atoms with Crippen LogP contribution in [0.2, 0.25) is 0 Å². The highest BCUT2D eigenvalue weighted by atomic mass is 32.2. The lowest BCUT2D eigenvalue weighted by Gasteiger charge is -2.33. The molecule has 0 aliphatic carbocycles. The van der Waals surface area contributed by atoms with Gasteiger partial charge in [-0.25, -0.2) is 8.42 Å². The van der Waals surface area contributed by atoms with E-state index in [1.165, 1.54) is 24.1 Å². The summed E-state index contributed by atoms with van der Waals surface area (Å²) in [6.45, 7) is 8.60. The predicted octanol–water partition coefficient (Wildman–Crippen LogP) is 4.54. The maximum absolute atomic E-state index is 14.0. The fraction of sp³-hybridized carbons (Fsp3) is 0.355. The fourth-order valence-corrected chi connectivity index (χ4v) is 5.52. The number of nitrogens with one attached hydrogen (secondary N) is 1. The number of amides is 2. The number of ether oxygens (including phenoxy) is 2. The number of hydrogen-bond acceptors (Lipinski definition) is 6. The summed E-state index contributed by atoms with van der Waals surface area (Å²) in [7, 11) is -1.13. The van der Waals surface area contributed by atoms with E-state index in [0.717, 1.165) is 15.4 Å². The summed E-state index contributed by atoms with van der Waals surface area (Å²) < 4.78 is 39.5. The molecule has 0 unspecified atom stereocenters. The molecule has 3 aromatic carbocycles. The average molecular weight is 582 g/mol. The monoisotopic (exact) mass is 581 g/mol. The van der Waals surface area contributed by atoms with Crippen molar-refractivity contribution in [2.45, 2.75) is 57.6 Å². The molecule has 220 valence electrons. The first-order valence-corrected chi connectivity index (χ1v) is 14.7. The van der Waals surface area contributed by atoms with Crippen molar-refractivity contribution in [3.63, 3.8) is 0 Å².